The van der Waals surface area contributed by atoms with E-state index in [-0.39, 0.29) is 21.7 Å². The summed E-state index contributed by atoms with van der Waals surface area (Å²) in [5.74, 6) is -1.62. The molecular weight excluding hydrogens is 827 g/mol. The zero-order valence-corrected chi connectivity index (χ0v) is 43.0. The van der Waals surface area contributed by atoms with Gasteiger partial charge in [0.25, 0.3) is 0 Å². The molecule has 1 unspecified atom stereocenters. The highest BCUT2D eigenvalue weighted by molar-refractivity contribution is 5.98. The minimum atomic E-state index is -1.22. The third-order valence-electron chi connectivity index (χ3n) is 16.1. The Morgan fingerprint density at radius 1 is 0.559 bits per heavy atom. The average Bonchev–Trinajstić information content (AvgIpc) is 3.78. The van der Waals surface area contributed by atoms with Gasteiger partial charge in [0.2, 0.25) is 5.69 Å². The fourth-order valence-corrected chi connectivity index (χ4v) is 11.0. The van der Waals surface area contributed by atoms with Gasteiger partial charge < -0.3 is 4.74 Å². The molecule has 0 saturated heterocycles. The summed E-state index contributed by atoms with van der Waals surface area (Å²) in [4.78, 5) is 0. The van der Waals surface area contributed by atoms with Crippen LogP contribution in [0.15, 0.2) is 134 Å². The fourth-order valence-electron chi connectivity index (χ4n) is 11.0. The Labute approximate surface area is 408 Å². The first-order valence-electron chi connectivity index (χ1n) is 25.7. The zero-order valence-electron chi connectivity index (χ0n) is 45.0. The summed E-state index contributed by atoms with van der Waals surface area (Å²) >= 11 is 0. The number of nitrogens with zero attached hydrogens (tertiary/aromatic N) is 3. The van der Waals surface area contributed by atoms with E-state index in [0.29, 0.717) is 5.75 Å². The summed E-state index contributed by atoms with van der Waals surface area (Å²) in [6, 6.07) is 47.5. The topological polar surface area (TPSA) is 21.9 Å². The standard InChI is InChI=1S/C64H69N3O/c1-38(2)43-32-48(39(3)4)58-52(33-43)59-66(53-29-28-45(63(14,15)62(11,12)13)35-49(53)41-20-17-16-18-21-41)54-23-19-22-47-50-36-46(61(8,9)10)37-51-55-34-42(40-24-26-44(27-25-40)60(5,6)7)30-31-65(55)64(68-58,56(50)51)67(59)57(47)54/h16-39H,1-15H3/q+2/i38D,39D. The lowest BCUT2D eigenvalue weighted by Crippen LogP contribution is -2.78. The van der Waals surface area contributed by atoms with Crippen LogP contribution in [0.3, 0.4) is 0 Å². The summed E-state index contributed by atoms with van der Waals surface area (Å²) in [5, 5.41) is 0. The number of fused-ring (bicyclic) bond motifs is 5. The van der Waals surface area contributed by atoms with Gasteiger partial charge in [0.15, 0.2) is 23.0 Å². The molecule has 0 fully saturated rings. The number of hydrogen-bond acceptors (Lipinski definition) is 1. The molecule has 5 heterocycles. The van der Waals surface area contributed by atoms with E-state index in [2.05, 4.69) is 223 Å². The third-order valence-corrected chi connectivity index (χ3v) is 16.1. The first-order valence-corrected chi connectivity index (χ1v) is 24.7. The van der Waals surface area contributed by atoms with Crippen LogP contribution in [0.25, 0.3) is 72.7 Å². The number of hydrogen-bond donors (Lipinski definition) is 0. The molecule has 1 spiro atoms. The molecule has 4 nitrogen and oxygen atoms in total. The van der Waals surface area contributed by atoms with Gasteiger partial charge >= 0.3 is 11.7 Å². The van der Waals surface area contributed by atoms with Crippen molar-refractivity contribution in [3.63, 3.8) is 0 Å². The van der Waals surface area contributed by atoms with Crippen LogP contribution >= 0.6 is 0 Å². The van der Waals surface area contributed by atoms with Crippen LogP contribution in [0.4, 0.5) is 0 Å². The van der Waals surface area contributed by atoms with Crippen LogP contribution in [0.5, 0.6) is 5.75 Å². The van der Waals surface area contributed by atoms with E-state index in [9.17, 15) is 2.74 Å². The number of ether oxygens (including phenoxy) is 1. The maximum atomic E-state index is 9.87. The molecule has 0 saturated carbocycles. The fraction of sp³-hybridized carbons (Fsp3) is 0.344. The van der Waals surface area contributed by atoms with Gasteiger partial charge in [-0.3, -0.25) is 0 Å². The molecule has 344 valence electrons. The third kappa shape index (κ3) is 6.24. The van der Waals surface area contributed by atoms with Crippen molar-refractivity contribution in [2.24, 2.45) is 5.41 Å². The largest absolute Gasteiger partial charge is 0.499 e. The van der Waals surface area contributed by atoms with Gasteiger partial charge in [0.05, 0.1) is 5.56 Å². The predicted molar refractivity (Wildman–Crippen MR) is 282 cm³/mol. The monoisotopic (exact) mass is 898 g/mol. The van der Waals surface area contributed by atoms with E-state index >= 15 is 0 Å². The van der Waals surface area contributed by atoms with Crippen molar-refractivity contribution in [1.82, 2.24) is 4.57 Å². The Bertz CT molecular complexity index is 3490. The van der Waals surface area contributed by atoms with E-state index in [4.69, 9.17) is 4.74 Å². The normalized spacial score (nSPS) is 16.8. The lowest BCUT2D eigenvalue weighted by molar-refractivity contribution is -0.997. The number of aromatic nitrogens is 3. The quantitative estimate of drug-likeness (QED) is 0.152. The summed E-state index contributed by atoms with van der Waals surface area (Å²) in [5.41, 5.74) is 19.4. The maximum Gasteiger partial charge on any atom is 0.499 e. The van der Waals surface area contributed by atoms with Crippen molar-refractivity contribution in [2.45, 2.75) is 138 Å². The maximum absolute atomic E-state index is 9.87. The minimum Gasteiger partial charge on any atom is -0.392 e. The number of rotatable bonds is 6. The molecule has 6 aromatic carbocycles. The van der Waals surface area contributed by atoms with Crippen LogP contribution in [0, 0.1) is 5.41 Å². The van der Waals surface area contributed by atoms with Crippen LogP contribution in [0.1, 0.15) is 152 Å². The van der Waals surface area contributed by atoms with E-state index in [1.54, 1.807) is 0 Å². The van der Waals surface area contributed by atoms with Gasteiger partial charge in [-0.2, -0.15) is 4.57 Å². The first kappa shape index (κ1) is 41.9. The molecule has 3 aliphatic rings. The summed E-state index contributed by atoms with van der Waals surface area (Å²) in [6.07, 6.45) is 2.24. The number of benzene rings is 6. The molecule has 2 aromatic heterocycles. The number of para-hydroxylation sites is 1. The van der Waals surface area contributed by atoms with Gasteiger partial charge in [-0.25, -0.2) is 0 Å². The lowest BCUT2D eigenvalue weighted by Gasteiger charge is -2.39. The van der Waals surface area contributed by atoms with Crippen LogP contribution in [-0.2, 0) is 22.1 Å². The van der Waals surface area contributed by atoms with Gasteiger partial charge in [-0.1, -0.05) is 177 Å². The van der Waals surface area contributed by atoms with Gasteiger partial charge in [-0.15, -0.1) is 9.13 Å². The number of imidazole rings is 1. The van der Waals surface area contributed by atoms with Crippen molar-refractivity contribution in [3.8, 4) is 67.5 Å². The van der Waals surface area contributed by atoms with E-state index in [0.717, 1.165) is 89.4 Å². The van der Waals surface area contributed by atoms with Gasteiger partial charge in [0, 0.05) is 31.6 Å². The minimum absolute atomic E-state index is 0.00883. The Hall–Kier alpha value is -6.26. The second kappa shape index (κ2) is 14.6. The lowest BCUT2D eigenvalue weighted by atomic mass is 9.65. The molecule has 8 aromatic rings. The molecule has 0 bridgehead atoms. The molecule has 3 aliphatic heterocycles. The molecule has 0 N–H and O–H groups in total. The molecule has 68 heavy (non-hydrogen) atoms. The average molecular weight is 898 g/mol. The van der Waals surface area contributed by atoms with Crippen molar-refractivity contribution in [3.05, 3.63) is 167 Å². The van der Waals surface area contributed by atoms with E-state index in [1.165, 1.54) is 16.7 Å². The Morgan fingerprint density at radius 2 is 1.22 bits per heavy atom. The summed E-state index contributed by atoms with van der Waals surface area (Å²) in [6.45, 7) is 33.2. The van der Waals surface area contributed by atoms with Gasteiger partial charge in [-0.05, 0) is 120 Å². The summed E-state index contributed by atoms with van der Waals surface area (Å²) < 4.78 is 34.8. The van der Waals surface area contributed by atoms with E-state index < -0.39 is 17.6 Å². The number of pyridine rings is 1. The van der Waals surface area contributed by atoms with E-state index in [1.807, 2.05) is 27.7 Å². The Kier molecular flexibility index (Phi) is 9.01. The first-order chi connectivity index (χ1) is 32.6. The zero-order chi connectivity index (χ0) is 50.0. The van der Waals surface area contributed by atoms with Crippen LogP contribution < -0.4 is 13.9 Å². The molecule has 0 radical (unpaired) electrons. The van der Waals surface area contributed by atoms with Crippen molar-refractivity contribution < 1.29 is 16.6 Å². The Morgan fingerprint density at radius 3 is 1.87 bits per heavy atom. The highest BCUT2D eigenvalue weighted by Crippen LogP contribution is 2.56. The molecule has 4 heteroatoms. The summed E-state index contributed by atoms with van der Waals surface area (Å²) in [7, 11) is 0. The van der Waals surface area contributed by atoms with Crippen molar-refractivity contribution >= 4 is 11.0 Å². The highest BCUT2D eigenvalue weighted by Gasteiger charge is 2.69. The molecule has 0 aliphatic carbocycles. The predicted octanol–water partition coefficient (Wildman–Crippen LogP) is 15.9. The Balaban J connectivity index is 1.33. The SMILES string of the molecule is [2H]C(C)(C)c1cc2c(c(C([2H])(C)C)c1)OC13c4c(cc(C(C)(C)C)cc4-c4cc(-c5ccc(C(C)(C)C)cc5)cc[n+]41)-c1cccc4c1[n+]3c-2n4-c1ccc(C(C)(C)C(C)(C)C)cc1-c1ccccc1. The second-order valence-corrected chi connectivity index (χ2v) is 23.9. The highest BCUT2D eigenvalue weighted by atomic mass is 16.5. The van der Waals surface area contributed by atoms with Crippen molar-refractivity contribution in [2.75, 3.05) is 0 Å². The molecule has 1 atom stereocenters. The van der Waals surface area contributed by atoms with Gasteiger partial charge in [0.1, 0.15) is 16.8 Å². The smallest absolute Gasteiger partial charge is 0.392 e. The molecule has 11 rings (SSSR count). The van der Waals surface area contributed by atoms with Crippen LogP contribution in [-0.4, -0.2) is 4.57 Å². The van der Waals surface area contributed by atoms with Crippen molar-refractivity contribution in [1.29, 1.82) is 0 Å². The second-order valence-electron chi connectivity index (χ2n) is 23.9. The molecular formula is C64H69N3O+2. The van der Waals surface area contributed by atoms with Crippen LogP contribution in [0.2, 0.25) is 0 Å². The molecule has 0 amide bonds.